The van der Waals surface area contributed by atoms with Crippen molar-refractivity contribution in [1.29, 1.82) is 0 Å². The van der Waals surface area contributed by atoms with E-state index in [-0.39, 0.29) is 0 Å². The first-order valence-electron chi connectivity index (χ1n) is 16.6. The predicted octanol–water partition coefficient (Wildman–Crippen LogP) is 13.9. The summed E-state index contributed by atoms with van der Waals surface area (Å²) < 4.78 is 8.86. The van der Waals surface area contributed by atoms with Gasteiger partial charge in [-0.15, -0.1) is 11.3 Å². The van der Waals surface area contributed by atoms with Crippen molar-refractivity contribution in [2.24, 2.45) is 0 Å². The fourth-order valence-electron chi connectivity index (χ4n) is 7.31. The zero-order valence-corrected chi connectivity index (χ0v) is 27.3. The summed E-state index contributed by atoms with van der Waals surface area (Å²) in [5.41, 5.74) is 9.94. The summed E-state index contributed by atoms with van der Waals surface area (Å²) in [4.78, 5) is 2.34. The van der Waals surface area contributed by atoms with Crippen LogP contribution >= 0.6 is 11.3 Å². The molecule has 0 amide bonds. The standard InChI is InChI=1S/C46H29NOS/c1-2-10-30(11-3-1)31-18-22-34(23-19-31)47(36-26-27-43-41(29-36)38-14-6-8-16-42(38)48-43)35-24-20-32(21-25-35)40-28-33-12-4-5-13-37(33)46-45(40)39-15-7-9-17-44(39)49-46/h1-29H. The Hall–Kier alpha value is -6.16. The van der Waals surface area contributed by atoms with Crippen molar-refractivity contribution in [2.45, 2.75) is 0 Å². The highest BCUT2D eigenvalue weighted by atomic mass is 32.1. The van der Waals surface area contributed by atoms with Crippen LogP contribution < -0.4 is 4.90 Å². The third-order valence-electron chi connectivity index (χ3n) is 9.66. The van der Waals surface area contributed by atoms with Crippen LogP contribution in [0.2, 0.25) is 0 Å². The summed E-state index contributed by atoms with van der Waals surface area (Å²) in [6, 6.07) is 63.2. The van der Waals surface area contributed by atoms with E-state index in [4.69, 9.17) is 4.42 Å². The largest absolute Gasteiger partial charge is 0.456 e. The van der Waals surface area contributed by atoms with Crippen molar-refractivity contribution in [3.8, 4) is 22.3 Å². The molecule has 49 heavy (non-hydrogen) atoms. The Balaban J connectivity index is 1.13. The van der Waals surface area contributed by atoms with Crippen molar-refractivity contribution < 1.29 is 4.42 Å². The zero-order valence-electron chi connectivity index (χ0n) is 26.5. The van der Waals surface area contributed by atoms with Crippen molar-refractivity contribution in [1.82, 2.24) is 0 Å². The number of fused-ring (bicyclic) bond motifs is 8. The molecule has 2 aromatic heterocycles. The van der Waals surface area contributed by atoms with Gasteiger partial charge < -0.3 is 9.32 Å². The fraction of sp³-hybridized carbons (Fsp3) is 0. The Bertz CT molecular complexity index is 2810. The van der Waals surface area contributed by atoms with Crippen LogP contribution in [0.25, 0.3) is 75.1 Å². The molecule has 8 aromatic carbocycles. The Morgan fingerprint density at radius 3 is 1.80 bits per heavy atom. The van der Waals surface area contributed by atoms with Gasteiger partial charge in [0.05, 0.1) is 0 Å². The SMILES string of the molecule is c1ccc(-c2ccc(N(c3ccc(-c4cc5ccccc5c5sc6ccccc6c45)cc3)c3ccc4oc5ccccc5c4c3)cc2)cc1. The molecule has 2 heterocycles. The van der Waals surface area contributed by atoms with Crippen molar-refractivity contribution in [3.05, 3.63) is 176 Å². The summed E-state index contributed by atoms with van der Waals surface area (Å²) in [7, 11) is 0. The van der Waals surface area contributed by atoms with E-state index in [1.54, 1.807) is 0 Å². The zero-order chi connectivity index (χ0) is 32.3. The second-order valence-electron chi connectivity index (χ2n) is 12.5. The number of thiophene rings is 1. The van der Waals surface area contributed by atoms with Gasteiger partial charge in [0.2, 0.25) is 0 Å². The predicted molar refractivity (Wildman–Crippen MR) is 210 cm³/mol. The average molecular weight is 644 g/mol. The van der Waals surface area contributed by atoms with Crippen LogP contribution in [-0.4, -0.2) is 0 Å². The third kappa shape index (κ3) is 4.62. The number of hydrogen-bond donors (Lipinski definition) is 0. The molecule has 230 valence electrons. The molecule has 0 spiro atoms. The van der Waals surface area contributed by atoms with Crippen LogP contribution in [-0.2, 0) is 0 Å². The van der Waals surface area contributed by atoms with Crippen LogP contribution in [0, 0.1) is 0 Å². The third-order valence-corrected chi connectivity index (χ3v) is 10.9. The van der Waals surface area contributed by atoms with Gasteiger partial charge in [-0.2, -0.15) is 0 Å². The average Bonchev–Trinajstić information content (AvgIpc) is 3.75. The van der Waals surface area contributed by atoms with Gasteiger partial charge in [-0.3, -0.25) is 0 Å². The van der Waals surface area contributed by atoms with Crippen LogP contribution in [0.3, 0.4) is 0 Å². The van der Waals surface area contributed by atoms with Crippen LogP contribution in [0.15, 0.2) is 180 Å². The number of nitrogens with zero attached hydrogens (tertiary/aromatic N) is 1. The lowest BCUT2D eigenvalue weighted by molar-refractivity contribution is 0.669. The lowest BCUT2D eigenvalue weighted by Crippen LogP contribution is -2.09. The van der Waals surface area contributed by atoms with Gasteiger partial charge in [0.15, 0.2) is 0 Å². The molecule has 0 saturated carbocycles. The summed E-state index contributed by atoms with van der Waals surface area (Å²) in [6.45, 7) is 0. The maximum Gasteiger partial charge on any atom is 0.135 e. The highest BCUT2D eigenvalue weighted by Gasteiger charge is 2.18. The lowest BCUT2D eigenvalue weighted by Gasteiger charge is -2.26. The first-order chi connectivity index (χ1) is 24.3. The molecule has 0 atom stereocenters. The minimum Gasteiger partial charge on any atom is -0.456 e. The molecule has 3 heteroatoms. The van der Waals surface area contributed by atoms with Crippen LogP contribution in [0.4, 0.5) is 17.1 Å². The highest BCUT2D eigenvalue weighted by Crippen LogP contribution is 2.45. The first kappa shape index (κ1) is 27.9. The van der Waals surface area contributed by atoms with Gasteiger partial charge in [0.1, 0.15) is 11.2 Å². The number of benzene rings is 8. The molecule has 0 aliphatic rings. The second kappa shape index (κ2) is 11.2. The van der Waals surface area contributed by atoms with Crippen molar-refractivity contribution in [2.75, 3.05) is 4.90 Å². The van der Waals surface area contributed by atoms with Gasteiger partial charge in [-0.05, 0) is 93.7 Å². The summed E-state index contributed by atoms with van der Waals surface area (Å²) in [5, 5.41) is 7.45. The van der Waals surface area contributed by atoms with E-state index in [1.807, 2.05) is 23.5 Å². The van der Waals surface area contributed by atoms with Crippen LogP contribution in [0.1, 0.15) is 0 Å². The maximum atomic E-state index is 6.20. The quantitative estimate of drug-likeness (QED) is 0.186. The Labute approximate surface area is 287 Å². The van der Waals surface area contributed by atoms with Crippen LogP contribution in [0.5, 0.6) is 0 Å². The Morgan fingerprint density at radius 1 is 0.408 bits per heavy atom. The van der Waals surface area contributed by atoms with Gasteiger partial charge in [0, 0.05) is 48.0 Å². The summed E-state index contributed by atoms with van der Waals surface area (Å²) >= 11 is 1.89. The number of rotatable bonds is 5. The normalized spacial score (nSPS) is 11.7. The molecule has 0 aliphatic carbocycles. The number of hydrogen-bond acceptors (Lipinski definition) is 3. The fourth-order valence-corrected chi connectivity index (χ4v) is 8.58. The van der Waals surface area contributed by atoms with Gasteiger partial charge in [-0.1, -0.05) is 115 Å². The topological polar surface area (TPSA) is 16.4 Å². The van der Waals surface area contributed by atoms with E-state index in [9.17, 15) is 0 Å². The van der Waals surface area contributed by atoms with E-state index < -0.39 is 0 Å². The molecule has 10 aromatic rings. The summed E-state index contributed by atoms with van der Waals surface area (Å²) in [5.74, 6) is 0. The molecule has 0 saturated heterocycles. The number of furan rings is 1. The Kier molecular flexibility index (Phi) is 6.39. The molecule has 0 fully saturated rings. The van der Waals surface area contributed by atoms with E-state index in [0.717, 1.165) is 39.0 Å². The van der Waals surface area contributed by atoms with Gasteiger partial charge in [-0.25, -0.2) is 0 Å². The van der Waals surface area contributed by atoms with E-state index in [1.165, 1.54) is 53.2 Å². The first-order valence-corrected chi connectivity index (χ1v) is 17.4. The Morgan fingerprint density at radius 2 is 1.00 bits per heavy atom. The second-order valence-corrected chi connectivity index (χ2v) is 13.6. The molecular weight excluding hydrogens is 615 g/mol. The maximum absolute atomic E-state index is 6.20. The van der Waals surface area contributed by atoms with E-state index in [2.05, 4.69) is 169 Å². The van der Waals surface area contributed by atoms with Crippen molar-refractivity contribution >= 4 is 81.3 Å². The highest BCUT2D eigenvalue weighted by molar-refractivity contribution is 7.26. The molecule has 0 aliphatic heterocycles. The summed E-state index contributed by atoms with van der Waals surface area (Å²) in [6.07, 6.45) is 0. The molecular formula is C46H29NOS. The monoisotopic (exact) mass is 643 g/mol. The smallest absolute Gasteiger partial charge is 0.135 e. The van der Waals surface area contributed by atoms with Gasteiger partial charge in [0.25, 0.3) is 0 Å². The molecule has 10 rings (SSSR count). The molecule has 0 N–H and O–H groups in total. The minimum atomic E-state index is 0.892. The molecule has 0 bridgehead atoms. The molecule has 2 nitrogen and oxygen atoms in total. The minimum absolute atomic E-state index is 0.892. The molecule has 0 unspecified atom stereocenters. The lowest BCUT2D eigenvalue weighted by atomic mass is 9.95. The number of para-hydroxylation sites is 1. The van der Waals surface area contributed by atoms with E-state index >= 15 is 0 Å². The van der Waals surface area contributed by atoms with E-state index in [0.29, 0.717) is 0 Å². The molecule has 0 radical (unpaired) electrons. The van der Waals surface area contributed by atoms with Crippen molar-refractivity contribution in [3.63, 3.8) is 0 Å². The number of anilines is 3. The van der Waals surface area contributed by atoms with Gasteiger partial charge >= 0.3 is 0 Å².